The maximum Gasteiger partial charge on any atom is 0.333 e. The van der Waals surface area contributed by atoms with Gasteiger partial charge in [-0.25, -0.2) is 0 Å². The molecule has 0 atom stereocenters. The summed E-state index contributed by atoms with van der Waals surface area (Å²) in [7, 11) is -8.12. The third-order valence-electron chi connectivity index (χ3n) is 4.15. The van der Waals surface area contributed by atoms with E-state index in [-0.39, 0.29) is 6.61 Å². The van der Waals surface area contributed by atoms with Crippen LogP contribution >= 0.6 is 0 Å². The molecule has 0 aromatic heterocycles. The quantitative estimate of drug-likeness (QED) is 0.188. The molecule has 158 valence electrons. The Kier molecular flexibility index (Phi) is 15.7. The summed E-state index contributed by atoms with van der Waals surface area (Å²) in [5.74, 6) is -0.495. The molecule has 0 aliphatic rings. The van der Waals surface area contributed by atoms with E-state index in [4.69, 9.17) is 8.74 Å². The molecule has 0 saturated heterocycles. The maximum atomic E-state index is 11.5. The first-order valence-electron chi connectivity index (χ1n) is 9.86. The third-order valence-corrected chi connectivity index (χ3v) is 5.95. The van der Waals surface area contributed by atoms with Gasteiger partial charge in [0, 0.05) is 6.54 Å². The highest BCUT2D eigenvalue weighted by Gasteiger charge is 2.12. The first-order valence-corrected chi connectivity index (χ1v) is 12.9. The molecule has 0 heterocycles. The van der Waals surface area contributed by atoms with E-state index in [9.17, 15) is 16.8 Å². The summed E-state index contributed by atoms with van der Waals surface area (Å²) >= 11 is 0. The molecule has 0 unspecified atom stereocenters. The molecule has 0 amide bonds. The number of hydrogen-bond donors (Lipinski definition) is 2. The van der Waals surface area contributed by atoms with Crippen LogP contribution < -0.4 is 4.72 Å². The first-order chi connectivity index (χ1) is 12.3. The zero-order valence-electron chi connectivity index (χ0n) is 16.1. The Bertz CT molecular complexity index is 519. The maximum absolute atomic E-state index is 11.5. The van der Waals surface area contributed by atoms with Crippen molar-refractivity contribution in [2.75, 3.05) is 18.9 Å². The van der Waals surface area contributed by atoms with Gasteiger partial charge >= 0.3 is 10.3 Å². The van der Waals surface area contributed by atoms with Crippen LogP contribution in [0.5, 0.6) is 0 Å². The second kappa shape index (κ2) is 15.8. The van der Waals surface area contributed by atoms with Gasteiger partial charge in [-0.15, -0.1) is 0 Å². The van der Waals surface area contributed by atoms with Gasteiger partial charge in [-0.3, -0.25) is 8.74 Å². The first kappa shape index (κ1) is 25.8. The lowest BCUT2D eigenvalue weighted by atomic mass is 10.0. The van der Waals surface area contributed by atoms with Crippen LogP contribution in [-0.4, -0.2) is 40.3 Å². The zero-order valence-corrected chi connectivity index (χ0v) is 17.8. The topological polar surface area (TPSA) is 110 Å². The summed E-state index contributed by atoms with van der Waals surface area (Å²) in [6, 6.07) is 0. The molecule has 7 nitrogen and oxygen atoms in total. The normalized spacial score (nSPS) is 12.5. The van der Waals surface area contributed by atoms with Crippen LogP contribution in [0, 0.1) is 0 Å². The lowest BCUT2D eigenvalue weighted by molar-refractivity contribution is 0.306. The second-order valence-electron chi connectivity index (χ2n) is 6.70. The summed E-state index contributed by atoms with van der Waals surface area (Å²) < 4.78 is 58.8. The van der Waals surface area contributed by atoms with Crippen molar-refractivity contribution >= 4 is 20.4 Å². The van der Waals surface area contributed by atoms with Crippen molar-refractivity contribution in [3.8, 4) is 0 Å². The fourth-order valence-electron chi connectivity index (χ4n) is 2.66. The van der Waals surface area contributed by atoms with Gasteiger partial charge in [-0.2, -0.15) is 21.6 Å². The highest BCUT2D eigenvalue weighted by molar-refractivity contribution is 7.87. The predicted octanol–water partition coefficient (Wildman–Crippen LogP) is 3.82. The Hall–Kier alpha value is -0.220. The highest BCUT2D eigenvalue weighted by Crippen LogP contribution is 2.12. The van der Waals surface area contributed by atoms with Crippen LogP contribution in [0.4, 0.5) is 0 Å². The van der Waals surface area contributed by atoms with E-state index < -0.39 is 32.7 Å². The van der Waals surface area contributed by atoms with E-state index >= 15 is 0 Å². The molecule has 0 radical (unpaired) electrons. The summed E-state index contributed by atoms with van der Waals surface area (Å²) in [4.78, 5) is 0. The van der Waals surface area contributed by atoms with Crippen molar-refractivity contribution in [3.63, 3.8) is 0 Å². The van der Waals surface area contributed by atoms with E-state index in [0.29, 0.717) is 6.42 Å². The number of hydrogen-bond acceptors (Lipinski definition) is 5. The second-order valence-corrected chi connectivity index (χ2v) is 9.69. The Labute approximate surface area is 160 Å². The van der Waals surface area contributed by atoms with Gasteiger partial charge in [0.2, 0.25) is 0 Å². The molecule has 0 fully saturated rings. The molecule has 0 aliphatic heterocycles. The Morgan fingerprint density at radius 2 is 1.15 bits per heavy atom. The van der Waals surface area contributed by atoms with Crippen LogP contribution in [0.15, 0.2) is 0 Å². The van der Waals surface area contributed by atoms with Gasteiger partial charge in [-0.1, -0.05) is 84.0 Å². The average Bonchev–Trinajstić information content (AvgIpc) is 2.53. The molecule has 0 rings (SSSR count). The number of rotatable bonds is 19. The van der Waals surface area contributed by atoms with Crippen molar-refractivity contribution in [2.24, 2.45) is 0 Å². The van der Waals surface area contributed by atoms with E-state index in [1.807, 2.05) is 0 Å². The monoisotopic (exact) mass is 415 g/mol. The SMILES string of the molecule is CCCCCCCCCCCCCCCOS(=O)(=O)CCNS(=O)(=O)O. The van der Waals surface area contributed by atoms with Gasteiger partial charge in [0.1, 0.15) is 0 Å². The van der Waals surface area contributed by atoms with E-state index in [0.717, 1.165) is 12.8 Å². The Morgan fingerprint density at radius 1 is 0.731 bits per heavy atom. The predicted molar refractivity (Wildman–Crippen MR) is 105 cm³/mol. The van der Waals surface area contributed by atoms with Gasteiger partial charge in [0.15, 0.2) is 0 Å². The fraction of sp³-hybridized carbons (Fsp3) is 1.00. The van der Waals surface area contributed by atoms with Crippen molar-refractivity contribution in [1.82, 2.24) is 4.72 Å². The Morgan fingerprint density at radius 3 is 1.58 bits per heavy atom. The Balaban J connectivity index is 3.37. The van der Waals surface area contributed by atoms with E-state index in [1.54, 1.807) is 4.72 Å². The molecule has 2 N–H and O–H groups in total. The average molecular weight is 416 g/mol. The molecular weight excluding hydrogens is 378 g/mol. The summed E-state index contributed by atoms with van der Waals surface area (Å²) in [6.07, 6.45) is 15.7. The molecule has 0 saturated carbocycles. The fourth-order valence-corrected chi connectivity index (χ4v) is 3.99. The van der Waals surface area contributed by atoms with E-state index in [2.05, 4.69) is 6.92 Å². The van der Waals surface area contributed by atoms with Crippen LogP contribution in [0.1, 0.15) is 90.4 Å². The van der Waals surface area contributed by atoms with Gasteiger partial charge in [0.05, 0.1) is 12.4 Å². The minimum Gasteiger partial charge on any atom is -0.273 e. The molecule has 0 bridgehead atoms. The molecule has 0 aliphatic carbocycles. The largest absolute Gasteiger partial charge is 0.333 e. The van der Waals surface area contributed by atoms with Crippen LogP contribution in [0.2, 0.25) is 0 Å². The molecule has 9 heteroatoms. The van der Waals surface area contributed by atoms with Gasteiger partial charge in [0.25, 0.3) is 10.1 Å². The minimum absolute atomic E-state index is 0.117. The standard InChI is InChI=1S/C17H37NO6S2/c1-2-3-4-5-6-7-8-9-10-11-12-13-14-16-24-25(19,20)17-15-18-26(21,22)23/h18H,2-17H2,1H3,(H,21,22,23). The third kappa shape index (κ3) is 20.1. The van der Waals surface area contributed by atoms with Crippen LogP contribution in [0.25, 0.3) is 0 Å². The van der Waals surface area contributed by atoms with Crippen LogP contribution in [-0.2, 0) is 24.6 Å². The van der Waals surface area contributed by atoms with Gasteiger partial charge in [-0.05, 0) is 6.42 Å². The van der Waals surface area contributed by atoms with E-state index in [1.165, 1.54) is 64.2 Å². The van der Waals surface area contributed by atoms with Crippen molar-refractivity contribution in [1.29, 1.82) is 0 Å². The molecule has 0 aromatic carbocycles. The van der Waals surface area contributed by atoms with Gasteiger partial charge < -0.3 is 0 Å². The molecular formula is C17H37NO6S2. The summed E-state index contributed by atoms with van der Waals surface area (Å²) in [5, 5.41) is 0. The summed E-state index contributed by atoms with van der Waals surface area (Å²) in [6.45, 7) is 1.95. The van der Waals surface area contributed by atoms with Crippen molar-refractivity contribution in [3.05, 3.63) is 0 Å². The van der Waals surface area contributed by atoms with Crippen LogP contribution in [0.3, 0.4) is 0 Å². The zero-order chi connectivity index (χ0) is 19.7. The number of unbranched alkanes of at least 4 members (excludes halogenated alkanes) is 12. The summed E-state index contributed by atoms with van der Waals surface area (Å²) in [5.41, 5.74) is 0. The molecule has 26 heavy (non-hydrogen) atoms. The highest BCUT2D eigenvalue weighted by atomic mass is 32.2. The minimum atomic E-state index is -4.37. The number of nitrogens with one attached hydrogen (secondary N) is 1. The lowest BCUT2D eigenvalue weighted by Crippen LogP contribution is -2.29. The smallest absolute Gasteiger partial charge is 0.273 e. The van der Waals surface area contributed by atoms with Crippen molar-refractivity contribution < 1.29 is 25.6 Å². The molecule has 0 spiro atoms. The van der Waals surface area contributed by atoms with Crippen molar-refractivity contribution in [2.45, 2.75) is 90.4 Å². The lowest BCUT2D eigenvalue weighted by Gasteiger charge is -2.06. The molecule has 0 aromatic rings.